The van der Waals surface area contributed by atoms with Gasteiger partial charge in [0, 0.05) is 11.4 Å². The molecular weight excluding hydrogens is 339 g/mol. The van der Waals surface area contributed by atoms with E-state index in [1.165, 1.54) is 23.5 Å². The van der Waals surface area contributed by atoms with E-state index in [0.717, 1.165) is 29.9 Å². The zero-order valence-corrected chi connectivity index (χ0v) is 13.5. The maximum atomic E-state index is 12.5. The molecule has 0 saturated heterocycles. The highest BCUT2D eigenvalue weighted by Crippen LogP contribution is 2.50. The minimum absolute atomic E-state index is 0.0304. The predicted octanol–water partition coefficient (Wildman–Crippen LogP) is 3.65. The molecule has 3 nitrogen and oxygen atoms in total. The Bertz CT molecular complexity index is 706. The van der Waals surface area contributed by atoms with Crippen LogP contribution in [0.3, 0.4) is 0 Å². The van der Waals surface area contributed by atoms with Crippen LogP contribution in [0.4, 0.5) is 13.2 Å². The lowest BCUT2D eigenvalue weighted by molar-refractivity contribution is -0.137. The van der Waals surface area contributed by atoms with Crippen LogP contribution in [0.2, 0.25) is 0 Å². The summed E-state index contributed by atoms with van der Waals surface area (Å²) < 4.78 is 37.6. The number of carbonyl (C=O) groups excluding carboxylic acids is 1. The number of hydrogen-bond donors (Lipinski definition) is 2. The van der Waals surface area contributed by atoms with Crippen molar-refractivity contribution in [1.29, 1.82) is 0 Å². The Morgan fingerprint density at radius 2 is 1.92 bits per heavy atom. The van der Waals surface area contributed by atoms with Gasteiger partial charge in [-0.3, -0.25) is 4.79 Å². The van der Waals surface area contributed by atoms with Gasteiger partial charge in [0.1, 0.15) is 0 Å². The Kier molecular flexibility index (Phi) is 4.40. The van der Waals surface area contributed by atoms with Gasteiger partial charge in [0.05, 0.1) is 17.1 Å². The quantitative estimate of drug-likeness (QED) is 0.860. The van der Waals surface area contributed by atoms with Gasteiger partial charge in [-0.2, -0.15) is 13.2 Å². The standard InChI is InChI=1S/C17H16F3NO2S/c18-17(19,20)12-5-3-11(4-6-12)13(22)10-21-15(23)16(7-8-16)14-2-1-9-24-14/h1-6,9,13,22H,7-8,10H2,(H,21,23). The first-order valence-electron chi connectivity index (χ1n) is 7.50. The van der Waals surface area contributed by atoms with Crippen molar-refractivity contribution in [3.8, 4) is 0 Å². The van der Waals surface area contributed by atoms with Gasteiger partial charge in [-0.15, -0.1) is 11.3 Å². The molecule has 1 aromatic heterocycles. The van der Waals surface area contributed by atoms with E-state index in [9.17, 15) is 23.1 Å². The smallest absolute Gasteiger partial charge is 0.387 e. The normalized spacial score (nSPS) is 17.3. The van der Waals surface area contributed by atoms with E-state index in [4.69, 9.17) is 0 Å². The molecule has 1 atom stereocenters. The van der Waals surface area contributed by atoms with E-state index >= 15 is 0 Å². The number of nitrogens with one attached hydrogen (secondary N) is 1. The summed E-state index contributed by atoms with van der Waals surface area (Å²) in [5.41, 5.74) is -0.921. The van der Waals surface area contributed by atoms with E-state index < -0.39 is 23.3 Å². The van der Waals surface area contributed by atoms with Crippen LogP contribution in [-0.4, -0.2) is 17.6 Å². The third-order valence-corrected chi connectivity index (χ3v) is 5.33. The van der Waals surface area contributed by atoms with Crippen LogP contribution >= 0.6 is 11.3 Å². The van der Waals surface area contributed by atoms with Crippen LogP contribution in [0.1, 0.15) is 34.9 Å². The SMILES string of the molecule is O=C(NCC(O)c1ccc(C(F)(F)F)cc1)C1(c2cccs2)CC1. The summed E-state index contributed by atoms with van der Waals surface area (Å²) >= 11 is 1.53. The topological polar surface area (TPSA) is 49.3 Å². The van der Waals surface area contributed by atoms with Gasteiger partial charge in [0.15, 0.2) is 0 Å². The molecule has 2 N–H and O–H groups in total. The van der Waals surface area contributed by atoms with E-state index in [1.807, 2.05) is 17.5 Å². The van der Waals surface area contributed by atoms with Crippen molar-refractivity contribution >= 4 is 17.2 Å². The molecule has 1 saturated carbocycles. The number of aliphatic hydroxyl groups is 1. The van der Waals surface area contributed by atoms with E-state index in [2.05, 4.69) is 5.32 Å². The minimum atomic E-state index is -4.41. The molecule has 0 radical (unpaired) electrons. The number of hydrogen-bond acceptors (Lipinski definition) is 3. The highest BCUT2D eigenvalue weighted by Gasteiger charge is 2.52. The molecule has 1 heterocycles. The number of halogens is 3. The van der Waals surface area contributed by atoms with E-state index in [1.54, 1.807) is 0 Å². The third kappa shape index (κ3) is 3.32. The molecule has 0 aliphatic heterocycles. The monoisotopic (exact) mass is 355 g/mol. The van der Waals surface area contributed by atoms with Gasteiger partial charge in [-0.25, -0.2) is 0 Å². The van der Waals surface area contributed by atoms with Crippen LogP contribution < -0.4 is 5.32 Å². The fourth-order valence-electron chi connectivity index (χ4n) is 2.63. The molecule has 7 heteroatoms. The van der Waals surface area contributed by atoms with Crippen molar-refractivity contribution in [2.24, 2.45) is 0 Å². The van der Waals surface area contributed by atoms with Crippen molar-refractivity contribution in [3.63, 3.8) is 0 Å². The highest BCUT2D eigenvalue weighted by atomic mass is 32.1. The van der Waals surface area contributed by atoms with Crippen molar-refractivity contribution in [2.75, 3.05) is 6.54 Å². The van der Waals surface area contributed by atoms with Crippen LogP contribution in [-0.2, 0) is 16.4 Å². The maximum Gasteiger partial charge on any atom is 0.416 e. The van der Waals surface area contributed by atoms with Crippen LogP contribution in [0.15, 0.2) is 41.8 Å². The van der Waals surface area contributed by atoms with Gasteiger partial charge in [0.2, 0.25) is 5.91 Å². The molecule has 3 rings (SSSR count). The molecule has 0 spiro atoms. The van der Waals surface area contributed by atoms with E-state index in [0.29, 0.717) is 5.56 Å². The van der Waals surface area contributed by atoms with Crippen LogP contribution in [0.25, 0.3) is 0 Å². The summed E-state index contributed by atoms with van der Waals surface area (Å²) in [4.78, 5) is 13.4. The second-order valence-electron chi connectivity index (χ2n) is 5.90. The number of amides is 1. The number of thiophene rings is 1. The molecule has 1 aliphatic carbocycles. The summed E-state index contributed by atoms with van der Waals surface area (Å²) in [6.45, 7) is -0.0304. The molecule has 128 valence electrons. The lowest BCUT2D eigenvalue weighted by Crippen LogP contribution is -2.36. The van der Waals surface area contributed by atoms with Crippen LogP contribution in [0.5, 0.6) is 0 Å². The van der Waals surface area contributed by atoms with Crippen molar-refractivity contribution in [1.82, 2.24) is 5.32 Å². The largest absolute Gasteiger partial charge is 0.416 e. The third-order valence-electron chi connectivity index (χ3n) is 4.26. The Balaban J connectivity index is 1.60. The molecule has 24 heavy (non-hydrogen) atoms. The van der Waals surface area contributed by atoms with E-state index in [-0.39, 0.29) is 12.5 Å². The second-order valence-corrected chi connectivity index (χ2v) is 6.85. The zero-order chi connectivity index (χ0) is 17.4. The summed E-state index contributed by atoms with van der Waals surface area (Å²) in [6.07, 6.45) is -3.90. The number of alkyl halides is 3. The number of benzene rings is 1. The van der Waals surface area contributed by atoms with Gasteiger partial charge < -0.3 is 10.4 Å². The zero-order valence-electron chi connectivity index (χ0n) is 12.6. The Morgan fingerprint density at radius 1 is 1.25 bits per heavy atom. The Labute approximate surface area is 141 Å². The molecule has 1 fully saturated rings. The number of aliphatic hydroxyl groups excluding tert-OH is 1. The molecule has 1 unspecified atom stereocenters. The fourth-order valence-corrected chi connectivity index (χ4v) is 3.62. The first kappa shape index (κ1) is 17.0. The van der Waals surface area contributed by atoms with Crippen molar-refractivity contribution < 1.29 is 23.1 Å². The van der Waals surface area contributed by atoms with Gasteiger partial charge >= 0.3 is 6.18 Å². The molecular formula is C17H16F3NO2S. The Hall–Kier alpha value is -1.86. The predicted molar refractivity (Wildman–Crippen MR) is 84.6 cm³/mol. The maximum absolute atomic E-state index is 12.5. The number of carbonyl (C=O) groups is 1. The van der Waals surface area contributed by atoms with Crippen molar-refractivity contribution in [3.05, 3.63) is 57.8 Å². The summed E-state index contributed by atoms with van der Waals surface area (Å²) in [6, 6.07) is 8.12. The first-order valence-corrected chi connectivity index (χ1v) is 8.38. The van der Waals surface area contributed by atoms with Gasteiger partial charge in [-0.05, 0) is 42.0 Å². The lowest BCUT2D eigenvalue weighted by Gasteiger charge is -2.17. The minimum Gasteiger partial charge on any atom is -0.387 e. The summed E-state index contributed by atoms with van der Waals surface area (Å²) in [5.74, 6) is -0.143. The first-order chi connectivity index (χ1) is 11.3. The molecule has 1 aliphatic rings. The molecule has 0 bridgehead atoms. The number of rotatable bonds is 5. The summed E-state index contributed by atoms with van der Waals surface area (Å²) in [5, 5.41) is 14.7. The molecule has 1 amide bonds. The van der Waals surface area contributed by atoms with Gasteiger partial charge in [0.25, 0.3) is 0 Å². The molecule has 1 aromatic carbocycles. The molecule has 2 aromatic rings. The van der Waals surface area contributed by atoms with Crippen LogP contribution in [0, 0.1) is 0 Å². The van der Waals surface area contributed by atoms with Gasteiger partial charge in [-0.1, -0.05) is 18.2 Å². The fraction of sp³-hybridized carbons (Fsp3) is 0.353. The van der Waals surface area contributed by atoms with Crippen molar-refractivity contribution in [2.45, 2.75) is 30.5 Å². The lowest BCUT2D eigenvalue weighted by atomic mass is 10.0. The average molecular weight is 355 g/mol. The second kappa shape index (κ2) is 6.22. The summed E-state index contributed by atoms with van der Waals surface area (Å²) in [7, 11) is 0. The average Bonchev–Trinajstić information content (AvgIpc) is 3.18. The highest BCUT2D eigenvalue weighted by molar-refractivity contribution is 7.10. The Morgan fingerprint density at radius 3 is 2.42 bits per heavy atom.